The molecule has 2 aromatic rings. The Bertz CT molecular complexity index is 1060. The van der Waals surface area contributed by atoms with Crippen LogP contribution in [-0.4, -0.2) is 35.4 Å². The number of nitrogens with zero attached hydrogens (tertiary/aromatic N) is 1. The van der Waals surface area contributed by atoms with Crippen LogP contribution in [0.1, 0.15) is 25.3 Å². The largest absolute Gasteiger partial charge is 0.481 e. The predicted octanol–water partition coefficient (Wildman–Crippen LogP) is 3.90. The zero-order chi connectivity index (χ0) is 23.4. The molecular formula is C25H25NO6. The van der Waals surface area contributed by atoms with E-state index in [0.29, 0.717) is 17.1 Å². The zero-order valence-corrected chi connectivity index (χ0v) is 17.9. The van der Waals surface area contributed by atoms with E-state index in [0.717, 1.165) is 6.08 Å². The van der Waals surface area contributed by atoms with E-state index in [1.54, 1.807) is 50.2 Å². The second kappa shape index (κ2) is 9.25. The first-order valence-electron chi connectivity index (χ1n) is 10.2. The van der Waals surface area contributed by atoms with Crippen LogP contribution < -0.4 is 4.74 Å². The van der Waals surface area contributed by atoms with Crippen LogP contribution in [-0.2, 0) is 14.3 Å². The number of carboxylic acid groups (broad SMARTS) is 1. The highest BCUT2D eigenvalue weighted by molar-refractivity contribution is 5.86. The van der Waals surface area contributed by atoms with Gasteiger partial charge in [0.15, 0.2) is 0 Å². The summed E-state index contributed by atoms with van der Waals surface area (Å²) >= 11 is 0. The van der Waals surface area contributed by atoms with Gasteiger partial charge in [0, 0.05) is 12.0 Å². The number of para-hydroxylation sites is 1. The van der Waals surface area contributed by atoms with Crippen molar-refractivity contribution in [2.75, 3.05) is 13.2 Å². The number of hydrogen-bond acceptors (Lipinski definition) is 6. The van der Waals surface area contributed by atoms with Gasteiger partial charge < -0.3 is 19.7 Å². The number of esters is 1. The lowest BCUT2D eigenvalue weighted by Gasteiger charge is -2.22. The highest BCUT2D eigenvalue weighted by Gasteiger charge is 2.78. The summed E-state index contributed by atoms with van der Waals surface area (Å²) in [7, 11) is 0. The van der Waals surface area contributed by atoms with Crippen molar-refractivity contribution < 1.29 is 29.3 Å². The summed E-state index contributed by atoms with van der Waals surface area (Å²) in [5, 5.41) is 29.0. The summed E-state index contributed by atoms with van der Waals surface area (Å²) in [5.41, 5.74) is -1.69. The molecule has 32 heavy (non-hydrogen) atoms. The number of ether oxygens (including phenoxy) is 2. The normalized spacial score (nSPS) is 22.0. The van der Waals surface area contributed by atoms with Crippen molar-refractivity contribution in [1.82, 2.24) is 0 Å². The Balaban J connectivity index is 1.92. The van der Waals surface area contributed by atoms with Crippen molar-refractivity contribution >= 4 is 11.9 Å². The Morgan fingerprint density at radius 3 is 2.47 bits per heavy atom. The minimum atomic E-state index is -1.43. The highest BCUT2D eigenvalue weighted by Crippen LogP contribution is 2.75. The third-order valence-corrected chi connectivity index (χ3v) is 6.12. The summed E-state index contributed by atoms with van der Waals surface area (Å²) in [6.45, 7) is 3.09. The maximum Gasteiger partial charge on any atom is 0.330 e. The van der Waals surface area contributed by atoms with Gasteiger partial charge in [-0.3, -0.25) is 4.79 Å². The minimum Gasteiger partial charge on any atom is -0.481 e. The Morgan fingerprint density at radius 1 is 1.16 bits per heavy atom. The number of carbonyl (C=O) groups is 2. The molecule has 2 N–H and O–H groups in total. The van der Waals surface area contributed by atoms with Crippen LogP contribution >= 0.6 is 0 Å². The fourth-order valence-corrected chi connectivity index (χ4v) is 4.50. The lowest BCUT2D eigenvalue weighted by molar-refractivity contribution is -0.145. The molecule has 3 rings (SSSR count). The van der Waals surface area contributed by atoms with E-state index in [-0.39, 0.29) is 13.2 Å². The molecule has 0 heterocycles. The number of rotatable bonds is 9. The average molecular weight is 435 g/mol. The van der Waals surface area contributed by atoms with Crippen molar-refractivity contribution in [3.8, 4) is 17.6 Å². The van der Waals surface area contributed by atoms with Crippen molar-refractivity contribution in [3.63, 3.8) is 0 Å². The van der Waals surface area contributed by atoms with Crippen molar-refractivity contribution in [1.29, 1.82) is 5.26 Å². The molecule has 2 aromatic carbocycles. The van der Waals surface area contributed by atoms with Crippen LogP contribution in [0.4, 0.5) is 0 Å². The second-order valence-electron chi connectivity index (χ2n) is 8.17. The van der Waals surface area contributed by atoms with E-state index in [1.807, 2.05) is 18.2 Å². The number of carboxylic acids is 1. The number of aliphatic hydroxyl groups is 1. The van der Waals surface area contributed by atoms with Gasteiger partial charge in [0.05, 0.1) is 18.6 Å². The van der Waals surface area contributed by atoms with Gasteiger partial charge in [0.2, 0.25) is 0 Å². The molecule has 0 spiro atoms. The Hall–Kier alpha value is -3.63. The lowest BCUT2D eigenvalue weighted by atomic mass is 9.78. The van der Waals surface area contributed by atoms with Crippen molar-refractivity contribution in [3.05, 3.63) is 72.3 Å². The Labute approximate surface area is 186 Å². The third kappa shape index (κ3) is 4.10. The van der Waals surface area contributed by atoms with Gasteiger partial charge in [-0.2, -0.15) is 5.26 Å². The van der Waals surface area contributed by atoms with Gasteiger partial charge in [-0.25, -0.2) is 4.79 Å². The summed E-state index contributed by atoms with van der Waals surface area (Å²) < 4.78 is 10.7. The average Bonchev–Trinajstić information content (AvgIpc) is 3.27. The monoisotopic (exact) mass is 435 g/mol. The van der Waals surface area contributed by atoms with Crippen molar-refractivity contribution in [2.45, 2.75) is 19.8 Å². The van der Waals surface area contributed by atoms with Gasteiger partial charge >= 0.3 is 11.9 Å². The van der Waals surface area contributed by atoms with E-state index in [4.69, 9.17) is 14.6 Å². The molecule has 166 valence electrons. The van der Waals surface area contributed by atoms with Gasteiger partial charge in [0.1, 0.15) is 23.5 Å². The first kappa shape index (κ1) is 23.0. The molecule has 0 aliphatic heterocycles. The fraction of sp³-hybridized carbons (Fsp3) is 0.320. The van der Waals surface area contributed by atoms with Gasteiger partial charge in [-0.15, -0.1) is 0 Å². The number of benzene rings is 2. The maximum absolute atomic E-state index is 12.5. The number of aliphatic carboxylic acids is 1. The first-order chi connectivity index (χ1) is 15.3. The Morgan fingerprint density at radius 2 is 1.84 bits per heavy atom. The maximum atomic E-state index is 12.5. The Kier molecular flexibility index (Phi) is 6.66. The van der Waals surface area contributed by atoms with Crippen LogP contribution in [0, 0.1) is 28.1 Å². The summed E-state index contributed by atoms with van der Waals surface area (Å²) in [6, 6.07) is 18.2. The summed E-state index contributed by atoms with van der Waals surface area (Å²) in [5.74, 6) is -2.21. The summed E-state index contributed by atoms with van der Waals surface area (Å²) in [6.07, 6.45) is 2.65. The van der Waals surface area contributed by atoms with Crippen LogP contribution in [0.5, 0.6) is 11.5 Å². The molecule has 1 fully saturated rings. The van der Waals surface area contributed by atoms with E-state index < -0.39 is 34.6 Å². The van der Waals surface area contributed by atoms with E-state index in [2.05, 4.69) is 6.07 Å². The predicted molar refractivity (Wildman–Crippen MR) is 116 cm³/mol. The fourth-order valence-electron chi connectivity index (χ4n) is 4.50. The standard InChI is InChI=1S/C25H25NO6/c1-24(2)21(11-12-22(28)31-14-13-27)25(24,23(29)30)20(16-26)17-7-6-10-19(15-17)32-18-8-4-3-5-9-18/h3-12,15,20-21,27H,13-14H2,1-2H3,(H,29,30)/b12-11-/t20-,21-,25+/m0/s1. The molecule has 0 amide bonds. The molecule has 1 saturated carbocycles. The van der Waals surface area contributed by atoms with Gasteiger partial charge in [0.25, 0.3) is 0 Å². The van der Waals surface area contributed by atoms with Crippen LogP contribution in [0.2, 0.25) is 0 Å². The summed E-state index contributed by atoms with van der Waals surface area (Å²) in [4.78, 5) is 24.3. The number of hydrogen-bond donors (Lipinski definition) is 2. The zero-order valence-electron chi connectivity index (χ0n) is 17.9. The molecular weight excluding hydrogens is 410 g/mol. The van der Waals surface area contributed by atoms with E-state index in [1.165, 1.54) is 6.08 Å². The topological polar surface area (TPSA) is 117 Å². The van der Waals surface area contributed by atoms with Crippen LogP contribution in [0.3, 0.4) is 0 Å². The number of nitriles is 1. The molecule has 0 unspecified atom stereocenters. The second-order valence-corrected chi connectivity index (χ2v) is 8.17. The third-order valence-electron chi connectivity index (χ3n) is 6.12. The number of allylic oxidation sites excluding steroid dienone is 1. The smallest absolute Gasteiger partial charge is 0.330 e. The molecule has 3 atom stereocenters. The van der Waals surface area contributed by atoms with Crippen LogP contribution in [0.25, 0.3) is 0 Å². The number of carbonyl (C=O) groups excluding carboxylic acids is 1. The minimum absolute atomic E-state index is 0.143. The first-order valence-corrected chi connectivity index (χ1v) is 10.2. The highest BCUT2D eigenvalue weighted by atomic mass is 16.5. The SMILES string of the molecule is CC1(C)[C@H](/C=C\C(=O)OCCO)[C@@]1(C(=O)O)[C@@H](C#N)c1cccc(Oc2ccccc2)c1. The van der Waals surface area contributed by atoms with E-state index >= 15 is 0 Å². The molecule has 1 aliphatic rings. The quantitative estimate of drug-likeness (QED) is 0.453. The van der Waals surface area contributed by atoms with E-state index in [9.17, 15) is 20.0 Å². The van der Waals surface area contributed by atoms with Crippen molar-refractivity contribution in [2.24, 2.45) is 16.7 Å². The molecule has 0 bridgehead atoms. The molecule has 0 saturated heterocycles. The molecule has 7 nitrogen and oxygen atoms in total. The molecule has 1 aliphatic carbocycles. The molecule has 0 radical (unpaired) electrons. The van der Waals surface area contributed by atoms with Gasteiger partial charge in [-0.1, -0.05) is 50.3 Å². The van der Waals surface area contributed by atoms with Crippen LogP contribution in [0.15, 0.2) is 66.7 Å². The molecule has 0 aromatic heterocycles. The van der Waals surface area contributed by atoms with Gasteiger partial charge in [-0.05, 0) is 35.2 Å². The number of aliphatic hydroxyl groups excluding tert-OH is 1. The molecule has 7 heteroatoms. The lowest BCUT2D eigenvalue weighted by Crippen LogP contribution is -2.28.